The Hall–Kier alpha value is -2.25. The molecule has 2 aromatic rings. The maximum absolute atomic E-state index is 12.5. The van der Waals surface area contributed by atoms with Crippen LogP contribution < -0.4 is 4.72 Å². The van der Waals surface area contributed by atoms with Gasteiger partial charge in [0, 0.05) is 19.1 Å². The molecule has 0 saturated carbocycles. The first-order chi connectivity index (χ1) is 13.2. The van der Waals surface area contributed by atoms with E-state index in [-0.39, 0.29) is 9.79 Å². The van der Waals surface area contributed by atoms with E-state index in [9.17, 15) is 16.8 Å². The number of hydrogen-bond donors (Lipinski definition) is 1. The number of sulfonamides is 2. The molecule has 0 aliphatic heterocycles. The lowest BCUT2D eigenvalue weighted by Gasteiger charge is -2.19. The largest absolute Gasteiger partial charge is 0.243 e. The van der Waals surface area contributed by atoms with Crippen molar-refractivity contribution in [3.63, 3.8) is 0 Å². The van der Waals surface area contributed by atoms with E-state index in [0.717, 1.165) is 0 Å². The molecule has 7 nitrogen and oxygen atoms in total. The van der Waals surface area contributed by atoms with Crippen molar-refractivity contribution in [2.45, 2.75) is 36.6 Å². The summed E-state index contributed by atoms with van der Waals surface area (Å²) in [7, 11) is -7.34. The van der Waals surface area contributed by atoms with E-state index in [1.807, 2.05) is 6.07 Å². The van der Waals surface area contributed by atoms with Crippen LogP contribution in [0.25, 0.3) is 0 Å². The first kappa shape index (κ1) is 22.0. The zero-order valence-electron chi connectivity index (χ0n) is 16.0. The van der Waals surface area contributed by atoms with E-state index < -0.39 is 26.1 Å². The van der Waals surface area contributed by atoms with E-state index in [4.69, 9.17) is 5.26 Å². The summed E-state index contributed by atoms with van der Waals surface area (Å²) in [6, 6.07) is 13.1. The molecule has 0 amide bonds. The fraction of sp³-hybridized carbons (Fsp3) is 0.316. The van der Waals surface area contributed by atoms with Crippen molar-refractivity contribution in [2.75, 3.05) is 13.1 Å². The van der Waals surface area contributed by atoms with Gasteiger partial charge in [-0.15, -0.1) is 0 Å². The van der Waals surface area contributed by atoms with E-state index in [1.54, 1.807) is 32.9 Å². The molecule has 0 heterocycles. The van der Waals surface area contributed by atoms with Crippen molar-refractivity contribution in [3.05, 3.63) is 59.7 Å². The highest BCUT2D eigenvalue weighted by atomic mass is 32.2. The minimum Gasteiger partial charge on any atom is -0.207 e. The molecule has 0 radical (unpaired) electrons. The summed E-state index contributed by atoms with van der Waals surface area (Å²) in [6.45, 7) is 5.97. The predicted molar refractivity (Wildman–Crippen MR) is 106 cm³/mol. The van der Waals surface area contributed by atoms with Gasteiger partial charge < -0.3 is 0 Å². The molecule has 0 aliphatic rings. The number of nitrogens with one attached hydrogen (secondary N) is 1. The minimum absolute atomic E-state index is 0.0547. The van der Waals surface area contributed by atoms with Crippen LogP contribution >= 0.6 is 0 Å². The van der Waals surface area contributed by atoms with Crippen LogP contribution in [0, 0.1) is 11.3 Å². The third kappa shape index (κ3) is 4.77. The normalized spacial score (nSPS) is 13.2. The molecule has 2 aromatic carbocycles. The van der Waals surface area contributed by atoms with Gasteiger partial charge in [0.05, 0.1) is 21.4 Å². The molecule has 0 unspecified atom stereocenters. The van der Waals surface area contributed by atoms with Gasteiger partial charge >= 0.3 is 0 Å². The third-order valence-electron chi connectivity index (χ3n) is 4.35. The molecule has 1 N–H and O–H groups in total. The van der Waals surface area contributed by atoms with Crippen molar-refractivity contribution < 1.29 is 16.8 Å². The van der Waals surface area contributed by atoms with Gasteiger partial charge in [-0.1, -0.05) is 26.0 Å². The van der Waals surface area contributed by atoms with E-state index >= 15 is 0 Å². The smallest absolute Gasteiger partial charge is 0.207 e. The zero-order valence-corrected chi connectivity index (χ0v) is 17.6. The zero-order chi connectivity index (χ0) is 20.9. The molecule has 0 saturated heterocycles. The fourth-order valence-electron chi connectivity index (χ4n) is 2.72. The van der Waals surface area contributed by atoms with Gasteiger partial charge in [-0.2, -0.15) is 9.57 Å². The number of nitriles is 1. The molecule has 0 fully saturated rings. The van der Waals surface area contributed by atoms with Crippen molar-refractivity contribution in [3.8, 4) is 6.07 Å². The number of hydrogen-bond acceptors (Lipinski definition) is 5. The summed E-state index contributed by atoms with van der Waals surface area (Å²) < 4.78 is 54.0. The van der Waals surface area contributed by atoms with Gasteiger partial charge in [-0.05, 0) is 48.9 Å². The van der Waals surface area contributed by atoms with Crippen LogP contribution in [-0.4, -0.2) is 34.2 Å². The maximum atomic E-state index is 12.5. The lowest BCUT2D eigenvalue weighted by Crippen LogP contribution is -2.30. The average Bonchev–Trinajstić information content (AvgIpc) is 2.68. The maximum Gasteiger partial charge on any atom is 0.243 e. The lowest BCUT2D eigenvalue weighted by atomic mass is 10.1. The molecule has 0 aliphatic carbocycles. The highest BCUT2D eigenvalue weighted by Crippen LogP contribution is 2.21. The predicted octanol–water partition coefficient (Wildman–Crippen LogP) is 2.63. The SMILES string of the molecule is CCN(CC)S(=O)(=O)c1ccc([C@@H](C)NS(=O)(=O)c2ccc(C#N)cc2)cc1. The Kier molecular flexibility index (Phi) is 6.96. The number of nitrogens with zero attached hydrogens (tertiary/aromatic N) is 2. The molecule has 0 spiro atoms. The average molecular weight is 422 g/mol. The molecule has 9 heteroatoms. The van der Waals surface area contributed by atoms with Crippen molar-refractivity contribution in [2.24, 2.45) is 0 Å². The third-order valence-corrected chi connectivity index (χ3v) is 7.97. The Balaban J connectivity index is 2.20. The van der Waals surface area contributed by atoms with Crippen LogP contribution in [0.1, 0.15) is 37.9 Å². The quantitative estimate of drug-likeness (QED) is 0.705. The van der Waals surface area contributed by atoms with Gasteiger partial charge in [0.2, 0.25) is 20.0 Å². The molecule has 2 rings (SSSR count). The Bertz CT molecular complexity index is 1050. The summed E-state index contributed by atoms with van der Waals surface area (Å²) >= 11 is 0. The highest BCUT2D eigenvalue weighted by Gasteiger charge is 2.22. The van der Waals surface area contributed by atoms with Crippen LogP contribution in [0.4, 0.5) is 0 Å². The van der Waals surface area contributed by atoms with E-state index in [2.05, 4.69) is 4.72 Å². The molecule has 28 heavy (non-hydrogen) atoms. The second-order valence-electron chi connectivity index (χ2n) is 6.14. The van der Waals surface area contributed by atoms with Crippen LogP contribution in [0.3, 0.4) is 0 Å². The van der Waals surface area contributed by atoms with Crippen molar-refractivity contribution >= 4 is 20.0 Å². The Morgan fingerprint density at radius 1 is 0.929 bits per heavy atom. The van der Waals surface area contributed by atoms with E-state index in [1.165, 1.54) is 40.7 Å². The Morgan fingerprint density at radius 2 is 1.43 bits per heavy atom. The van der Waals surface area contributed by atoms with Gasteiger partial charge in [-0.3, -0.25) is 0 Å². The summed E-state index contributed by atoms with van der Waals surface area (Å²) in [4.78, 5) is 0.223. The fourth-order valence-corrected chi connectivity index (χ4v) is 5.41. The van der Waals surface area contributed by atoms with Crippen LogP contribution in [0.2, 0.25) is 0 Å². The topological polar surface area (TPSA) is 107 Å². The molecule has 150 valence electrons. The summed E-state index contributed by atoms with van der Waals surface area (Å²) in [6.07, 6.45) is 0. The summed E-state index contributed by atoms with van der Waals surface area (Å²) in [5, 5.41) is 8.81. The molecule has 0 aromatic heterocycles. The van der Waals surface area contributed by atoms with Crippen molar-refractivity contribution in [1.82, 2.24) is 9.03 Å². The number of rotatable bonds is 8. The van der Waals surface area contributed by atoms with E-state index in [0.29, 0.717) is 24.2 Å². The summed E-state index contributed by atoms with van der Waals surface area (Å²) in [5.74, 6) is 0. The Labute approximate surface area is 166 Å². The Morgan fingerprint density at radius 3 is 1.89 bits per heavy atom. The van der Waals surface area contributed by atoms with Gasteiger partial charge in [0.1, 0.15) is 0 Å². The highest BCUT2D eigenvalue weighted by molar-refractivity contribution is 7.89. The molecule has 0 bridgehead atoms. The molecular weight excluding hydrogens is 398 g/mol. The standard InChI is InChI=1S/C19H23N3O4S2/c1-4-22(5-2)28(25,26)19-12-8-17(9-13-19)15(3)21-27(23,24)18-10-6-16(14-20)7-11-18/h6-13,15,21H,4-5H2,1-3H3/t15-/m1/s1. The van der Waals surface area contributed by atoms with Crippen LogP contribution in [-0.2, 0) is 20.0 Å². The van der Waals surface area contributed by atoms with Gasteiger partial charge in [0.25, 0.3) is 0 Å². The molecular formula is C19H23N3O4S2. The first-order valence-corrected chi connectivity index (χ1v) is 11.7. The second-order valence-corrected chi connectivity index (χ2v) is 9.79. The second kappa shape index (κ2) is 8.84. The van der Waals surface area contributed by atoms with Crippen LogP contribution in [0.5, 0.6) is 0 Å². The summed E-state index contributed by atoms with van der Waals surface area (Å²) in [5.41, 5.74) is 1.01. The first-order valence-electron chi connectivity index (χ1n) is 8.78. The molecule has 1 atom stereocenters. The van der Waals surface area contributed by atoms with Crippen molar-refractivity contribution in [1.29, 1.82) is 5.26 Å². The lowest BCUT2D eigenvalue weighted by molar-refractivity contribution is 0.445. The minimum atomic E-state index is -3.78. The van der Waals surface area contributed by atoms with Crippen LogP contribution in [0.15, 0.2) is 58.3 Å². The van der Waals surface area contributed by atoms with Gasteiger partial charge in [0.15, 0.2) is 0 Å². The monoisotopic (exact) mass is 421 g/mol. The van der Waals surface area contributed by atoms with Gasteiger partial charge in [-0.25, -0.2) is 21.6 Å². The number of benzene rings is 2.